The second kappa shape index (κ2) is 5.55. The smallest absolute Gasteiger partial charge is 0.223 e. The van der Waals surface area contributed by atoms with E-state index in [1.54, 1.807) is 17.0 Å². The number of alkyl halides is 1. The first kappa shape index (κ1) is 11.7. The summed E-state index contributed by atoms with van der Waals surface area (Å²) in [6.07, 6.45) is 3.24. The number of benzene rings is 1. The van der Waals surface area contributed by atoms with Crippen molar-refractivity contribution in [2.24, 2.45) is 0 Å². The molecule has 0 saturated heterocycles. The second-order valence-electron chi connectivity index (χ2n) is 3.58. The van der Waals surface area contributed by atoms with E-state index in [1.807, 2.05) is 30.3 Å². The van der Waals surface area contributed by atoms with E-state index in [0.717, 1.165) is 5.56 Å². The quantitative estimate of drug-likeness (QED) is 0.780. The van der Waals surface area contributed by atoms with E-state index in [9.17, 15) is 4.79 Å². The Kier molecular flexibility index (Phi) is 3.83. The zero-order valence-electron chi connectivity index (χ0n) is 9.17. The molecular weight excluding hydrogens is 238 g/mol. The molecule has 1 aromatic carbocycles. The minimum absolute atomic E-state index is 0.137. The molecule has 0 bridgehead atoms. The van der Waals surface area contributed by atoms with Crippen LogP contribution < -0.4 is 10.2 Å². The number of halogens is 1. The van der Waals surface area contributed by atoms with E-state index in [4.69, 9.17) is 16.3 Å². The number of ether oxygens (including phenoxy) is 1. The monoisotopic (exact) mass is 249 g/mol. The van der Waals surface area contributed by atoms with E-state index in [0.29, 0.717) is 18.4 Å². The van der Waals surface area contributed by atoms with Gasteiger partial charge in [0.05, 0.1) is 12.2 Å². The maximum atomic E-state index is 11.5. The minimum atomic E-state index is -0.137. The van der Waals surface area contributed by atoms with E-state index in [2.05, 4.69) is 0 Å². The maximum absolute atomic E-state index is 11.5. The van der Waals surface area contributed by atoms with E-state index in [-0.39, 0.29) is 5.43 Å². The van der Waals surface area contributed by atoms with Crippen LogP contribution in [0.4, 0.5) is 0 Å². The molecule has 0 atom stereocenters. The molecule has 2 rings (SSSR count). The number of pyridine rings is 1. The highest BCUT2D eigenvalue weighted by Gasteiger charge is 2.01. The van der Waals surface area contributed by atoms with Crippen molar-refractivity contribution in [1.29, 1.82) is 0 Å². The molecule has 0 saturated carbocycles. The predicted molar refractivity (Wildman–Crippen MR) is 67.3 cm³/mol. The van der Waals surface area contributed by atoms with Crippen LogP contribution in [0.5, 0.6) is 5.75 Å². The van der Waals surface area contributed by atoms with Gasteiger partial charge in [-0.05, 0) is 5.56 Å². The average molecular weight is 250 g/mol. The molecule has 0 radical (unpaired) electrons. The number of hydrogen-bond donors (Lipinski definition) is 0. The molecule has 4 heteroatoms. The zero-order valence-corrected chi connectivity index (χ0v) is 9.93. The summed E-state index contributed by atoms with van der Waals surface area (Å²) >= 11 is 5.67. The molecule has 0 N–H and O–H groups in total. The van der Waals surface area contributed by atoms with Gasteiger partial charge < -0.3 is 9.30 Å². The SMILES string of the molecule is O=c1ccn(CCl)cc1OCc1ccccc1. The molecule has 17 heavy (non-hydrogen) atoms. The second-order valence-corrected chi connectivity index (χ2v) is 3.82. The molecule has 0 aliphatic carbocycles. The van der Waals surface area contributed by atoms with Gasteiger partial charge in [-0.25, -0.2) is 0 Å². The Morgan fingerprint density at radius 3 is 2.65 bits per heavy atom. The van der Waals surface area contributed by atoms with Crippen molar-refractivity contribution in [2.75, 3.05) is 0 Å². The van der Waals surface area contributed by atoms with Gasteiger partial charge in [-0.1, -0.05) is 30.3 Å². The van der Waals surface area contributed by atoms with Gasteiger partial charge in [0, 0.05) is 12.3 Å². The third-order valence-electron chi connectivity index (χ3n) is 2.32. The van der Waals surface area contributed by atoms with Crippen LogP contribution in [0.3, 0.4) is 0 Å². The molecular formula is C13H12ClNO2. The van der Waals surface area contributed by atoms with Crippen molar-refractivity contribution in [2.45, 2.75) is 12.6 Å². The van der Waals surface area contributed by atoms with Gasteiger partial charge in [0.15, 0.2) is 5.75 Å². The molecule has 0 aliphatic heterocycles. The third kappa shape index (κ3) is 3.11. The van der Waals surface area contributed by atoms with Crippen molar-refractivity contribution >= 4 is 11.6 Å². The Morgan fingerprint density at radius 2 is 1.94 bits per heavy atom. The van der Waals surface area contributed by atoms with Gasteiger partial charge in [0.1, 0.15) is 6.61 Å². The first-order valence-electron chi connectivity index (χ1n) is 5.22. The van der Waals surface area contributed by atoms with Crippen molar-refractivity contribution < 1.29 is 4.74 Å². The predicted octanol–water partition coefficient (Wildman–Crippen LogP) is 2.62. The Morgan fingerprint density at radius 1 is 1.18 bits per heavy atom. The summed E-state index contributed by atoms with van der Waals surface area (Å²) in [4.78, 5) is 11.5. The number of aromatic nitrogens is 1. The van der Waals surface area contributed by atoms with Crippen LogP contribution in [0, 0.1) is 0 Å². The van der Waals surface area contributed by atoms with Gasteiger partial charge in [-0.2, -0.15) is 0 Å². The fraction of sp³-hybridized carbons (Fsp3) is 0.154. The van der Waals surface area contributed by atoms with Crippen LogP contribution >= 0.6 is 11.6 Å². The normalized spacial score (nSPS) is 10.2. The van der Waals surface area contributed by atoms with Crippen molar-refractivity contribution in [3.05, 3.63) is 64.6 Å². The van der Waals surface area contributed by atoms with Gasteiger partial charge in [0.25, 0.3) is 0 Å². The van der Waals surface area contributed by atoms with Crippen molar-refractivity contribution in [1.82, 2.24) is 4.57 Å². The lowest BCUT2D eigenvalue weighted by atomic mass is 10.2. The Hall–Kier alpha value is -1.74. The van der Waals surface area contributed by atoms with E-state index >= 15 is 0 Å². The fourth-order valence-electron chi connectivity index (χ4n) is 1.42. The molecule has 88 valence electrons. The molecule has 0 aliphatic rings. The highest BCUT2D eigenvalue weighted by atomic mass is 35.5. The molecule has 0 unspecified atom stereocenters. The maximum Gasteiger partial charge on any atom is 0.223 e. The first-order chi connectivity index (χ1) is 8.29. The molecule has 0 fully saturated rings. The first-order valence-corrected chi connectivity index (χ1v) is 5.76. The van der Waals surface area contributed by atoms with Crippen LogP contribution in [0.25, 0.3) is 0 Å². The zero-order chi connectivity index (χ0) is 12.1. The summed E-state index contributed by atoms with van der Waals surface area (Å²) < 4.78 is 7.16. The largest absolute Gasteiger partial charge is 0.483 e. The standard InChI is InChI=1S/C13H12ClNO2/c14-10-15-7-6-12(16)13(8-15)17-9-11-4-2-1-3-5-11/h1-8H,9-10H2. The summed E-state index contributed by atoms with van der Waals surface area (Å²) in [5.74, 6) is 0.317. The molecule has 1 aromatic heterocycles. The van der Waals surface area contributed by atoms with Crippen LogP contribution in [-0.2, 0) is 12.6 Å². The molecule has 0 amide bonds. The Bertz CT molecular complexity index is 537. The van der Waals surface area contributed by atoms with Gasteiger partial charge in [-0.3, -0.25) is 4.79 Å². The van der Waals surface area contributed by atoms with Crippen LogP contribution in [-0.4, -0.2) is 4.57 Å². The lowest BCUT2D eigenvalue weighted by Crippen LogP contribution is -2.09. The third-order valence-corrected chi connectivity index (χ3v) is 2.59. The number of rotatable bonds is 4. The van der Waals surface area contributed by atoms with Gasteiger partial charge in [-0.15, -0.1) is 11.6 Å². The summed E-state index contributed by atoms with van der Waals surface area (Å²) in [6.45, 7) is 0.377. The highest BCUT2D eigenvalue weighted by molar-refractivity contribution is 6.15. The van der Waals surface area contributed by atoms with Crippen LogP contribution in [0.15, 0.2) is 53.6 Å². The molecule has 1 heterocycles. The molecule has 0 spiro atoms. The molecule has 2 aromatic rings. The molecule has 3 nitrogen and oxygen atoms in total. The summed E-state index contributed by atoms with van der Waals surface area (Å²) in [5.41, 5.74) is 0.885. The van der Waals surface area contributed by atoms with E-state index < -0.39 is 0 Å². The highest BCUT2D eigenvalue weighted by Crippen LogP contribution is 2.07. The average Bonchev–Trinajstić information content (AvgIpc) is 2.39. The van der Waals surface area contributed by atoms with Crippen LogP contribution in [0.1, 0.15) is 5.56 Å². The summed E-state index contributed by atoms with van der Waals surface area (Å²) in [7, 11) is 0. The topological polar surface area (TPSA) is 31.2 Å². The van der Waals surface area contributed by atoms with Gasteiger partial charge >= 0.3 is 0 Å². The summed E-state index contributed by atoms with van der Waals surface area (Å²) in [5, 5.41) is 0. The van der Waals surface area contributed by atoms with Gasteiger partial charge in [0.2, 0.25) is 5.43 Å². The lowest BCUT2D eigenvalue weighted by Gasteiger charge is -2.07. The van der Waals surface area contributed by atoms with Crippen LogP contribution in [0.2, 0.25) is 0 Å². The summed E-state index contributed by atoms with van der Waals surface area (Å²) in [6, 6.07) is 11.4. The van der Waals surface area contributed by atoms with Crippen molar-refractivity contribution in [3.63, 3.8) is 0 Å². The number of hydrogen-bond acceptors (Lipinski definition) is 2. The minimum Gasteiger partial charge on any atom is -0.483 e. The lowest BCUT2D eigenvalue weighted by molar-refractivity contribution is 0.300. The Balaban J connectivity index is 2.11. The number of nitrogens with zero attached hydrogens (tertiary/aromatic N) is 1. The fourth-order valence-corrected chi connectivity index (χ4v) is 1.57. The van der Waals surface area contributed by atoms with Crippen molar-refractivity contribution in [3.8, 4) is 5.75 Å². The Labute approximate surface area is 104 Å². The van der Waals surface area contributed by atoms with E-state index in [1.165, 1.54) is 6.07 Å².